The minimum atomic E-state index is -0.777. The Hall–Kier alpha value is -3.42. The summed E-state index contributed by atoms with van der Waals surface area (Å²) in [6.07, 6.45) is 1.32. The van der Waals surface area contributed by atoms with Gasteiger partial charge in [0.1, 0.15) is 12.0 Å². The number of ether oxygens (including phenoxy) is 3. The van der Waals surface area contributed by atoms with Crippen LogP contribution in [0.2, 0.25) is 0 Å². The normalized spacial score (nSPS) is 16.6. The maximum Gasteiger partial charge on any atom is 0.338 e. The second kappa shape index (κ2) is 5.79. The van der Waals surface area contributed by atoms with Crippen molar-refractivity contribution in [3.8, 4) is 17.0 Å². The summed E-state index contributed by atoms with van der Waals surface area (Å²) in [6.45, 7) is 0.259. The van der Waals surface area contributed by atoms with Gasteiger partial charge in [-0.2, -0.15) is 0 Å². The molecule has 142 valence electrons. The molecule has 8 heteroatoms. The molecule has 1 aromatic carbocycles. The molecule has 0 spiro atoms. The van der Waals surface area contributed by atoms with Crippen LogP contribution >= 0.6 is 0 Å². The van der Waals surface area contributed by atoms with Crippen molar-refractivity contribution in [3.05, 3.63) is 47.3 Å². The van der Waals surface area contributed by atoms with Crippen molar-refractivity contribution in [2.75, 3.05) is 14.2 Å². The highest BCUT2D eigenvalue weighted by Crippen LogP contribution is 2.48. The number of pyridine rings is 1. The van der Waals surface area contributed by atoms with Gasteiger partial charge in [0.2, 0.25) is 0 Å². The monoisotopic (exact) mass is 379 g/mol. The smallest absolute Gasteiger partial charge is 0.338 e. The zero-order valence-electron chi connectivity index (χ0n) is 15.4. The van der Waals surface area contributed by atoms with Gasteiger partial charge in [0.25, 0.3) is 0 Å². The van der Waals surface area contributed by atoms with Gasteiger partial charge in [0, 0.05) is 11.1 Å². The number of benzene rings is 1. The van der Waals surface area contributed by atoms with E-state index < -0.39 is 5.41 Å². The van der Waals surface area contributed by atoms with Gasteiger partial charge in [0.05, 0.1) is 25.5 Å². The van der Waals surface area contributed by atoms with Crippen LogP contribution in [0.4, 0.5) is 0 Å². The van der Waals surface area contributed by atoms with E-state index in [1.165, 1.54) is 7.11 Å². The van der Waals surface area contributed by atoms with Crippen LogP contribution in [0.5, 0.6) is 5.75 Å². The van der Waals surface area contributed by atoms with E-state index in [1.807, 2.05) is 24.3 Å². The molecule has 0 N–H and O–H groups in total. The lowest BCUT2D eigenvalue weighted by molar-refractivity contribution is -0.143. The van der Waals surface area contributed by atoms with Gasteiger partial charge in [-0.1, -0.05) is 6.07 Å². The summed E-state index contributed by atoms with van der Waals surface area (Å²) in [7, 11) is 2.94. The average Bonchev–Trinajstić information content (AvgIpc) is 3.28. The molecule has 8 nitrogen and oxygen atoms in total. The molecule has 5 rings (SSSR count). The molecule has 0 atom stereocenters. The summed E-state index contributed by atoms with van der Waals surface area (Å²) in [5.41, 5.74) is 2.80. The lowest BCUT2D eigenvalue weighted by Crippen LogP contribution is -2.23. The number of methoxy groups -OCH3 is 2. The summed E-state index contributed by atoms with van der Waals surface area (Å²) in [4.78, 5) is 28.6. The molecule has 1 aliphatic heterocycles. The van der Waals surface area contributed by atoms with Crippen LogP contribution < -0.4 is 4.74 Å². The van der Waals surface area contributed by atoms with Crippen LogP contribution in [0.15, 0.2) is 30.3 Å². The van der Waals surface area contributed by atoms with Crippen molar-refractivity contribution in [2.45, 2.75) is 24.9 Å². The van der Waals surface area contributed by atoms with E-state index in [-0.39, 0.29) is 18.5 Å². The highest BCUT2D eigenvalue weighted by molar-refractivity contribution is 5.94. The third-order valence-electron chi connectivity index (χ3n) is 5.40. The first kappa shape index (κ1) is 16.7. The number of hydrogen-bond acceptors (Lipinski definition) is 7. The molecular weight excluding hydrogens is 362 g/mol. The summed E-state index contributed by atoms with van der Waals surface area (Å²) < 4.78 is 17.2. The van der Waals surface area contributed by atoms with Gasteiger partial charge in [-0.05, 0) is 37.1 Å². The largest absolute Gasteiger partial charge is 0.493 e. The molecule has 0 saturated heterocycles. The molecule has 1 aliphatic carbocycles. The van der Waals surface area contributed by atoms with Crippen molar-refractivity contribution >= 4 is 17.6 Å². The van der Waals surface area contributed by atoms with Crippen molar-refractivity contribution in [3.63, 3.8) is 0 Å². The topological polar surface area (TPSA) is 92.0 Å². The first-order chi connectivity index (χ1) is 13.6. The Morgan fingerprint density at radius 2 is 2.04 bits per heavy atom. The molecule has 0 radical (unpaired) electrons. The molecule has 3 aromatic rings. The zero-order chi connectivity index (χ0) is 19.5. The van der Waals surface area contributed by atoms with Crippen LogP contribution in [-0.4, -0.2) is 40.8 Å². The number of esters is 2. The quantitative estimate of drug-likeness (QED) is 0.642. The predicted octanol–water partition coefficient (Wildman–Crippen LogP) is 2.28. The Bertz CT molecular complexity index is 1150. The molecule has 0 unspecified atom stereocenters. The Morgan fingerprint density at radius 3 is 2.75 bits per heavy atom. The maximum atomic E-state index is 12.3. The van der Waals surface area contributed by atoms with Gasteiger partial charge >= 0.3 is 11.9 Å². The van der Waals surface area contributed by atoms with E-state index in [1.54, 1.807) is 17.7 Å². The molecule has 1 saturated carbocycles. The van der Waals surface area contributed by atoms with Gasteiger partial charge < -0.3 is 14.2 Å². The lowest BCUT2D eigenvalue weighted by Gasteiger charge is -2.08. The molecule has 28 heavy (non-hydrogen) atoms. The van der Waals surface area contributed by atoms with E-state index in [9.17, 15) is 9.59 Å². The second-order valence-electron chi connectivity index (χ2n) is 6.98. The molecule has 2 aromatic heterocycles. The highest BCUT2D eigenvalue weighted by Gasteiger charge is 2.56. The third-order valence-corrected chi connectivity index (χ3v) is 5.40. The standard InChI is InChI=1S/C20H17N3O5/c1-26-15-6-5-14(11-3-4-13-12(9-11)10-28-17(13)24)23-16(15)21-18(22-23)20(7-8-20)19(25)27-2/h3-6,9H,7-8,10H2,1-2H3. The second-order valence-corrected chi connectivity index (χ2v) is 6.98. The molecule has 1 fully saturated rings. The number of hydrogen-bond donors (Lipinski definition) is 0. The molecular formula is C20H17N3O5. The van der Waals surface area contributed by atoms with Crippen LogP contribution in [-0.2, 0) is 26.3 Å². The van der Waals surface area contributed by atoms with E-state index in [4.69, 9.17) is 14.2 Å². The summed E-state index contributed by atoms with van der Waals surface area (Å²) in [5, 5.41) is 4.64. The first-order valence-corrected chi connectivity index (χ1v) is 8.90. The Kier molecular flexibility index (Phi) is 3.46. The van der Waals surface area contributed by atoms with Gasteiger partial charge in [-0.25, -0.2) is 14.3 Å². The van der Waals surface area contributed by atoms with Crippen molar-refractivity contribution < 1.29 is 23.8 Å². The van der Waals surface area contributed by atoms with Crippen LogP contribution in [0, 0.1) is 0 Å². The summed E-state index contributed by atoms with van der Waals surface area (Å²) in [5.74, 6) is 0.364. The number of cyclic esters (lactones) is 1. The van der Waals surface area contributed by atoms with Crippen LogP contribution in [0.3, 0.4) is 0 Å². The van der Waals surface area contributed by atoms with Gasteiger partial charge in [0.15, 0.2) is 17.2 Å². The Balaban J connectivity index is 1.69. The third kappa shape index (κ3) is 2.24. The zero-order valence-corrected chi connectivity index (χ0v) is 15.4. The minimum absolute atomic E-state index is 0.259. The number of carbonyl (C=O) groups excluding carboxylic acids is 2. The maximum absolute atomic E-state index is 12.3. The number of aromatic nitrogens is 3. The fourth-order valence-corrected chi connectivity index (χ4v) is 3.65. The molecule has 0 bridgehead atoms. The SMILES string of the molecule is COC(=O)C1(c2nc3c(OC)ccc(-c4ccc5c(c4)COC5=O)n3n2)CC1. The fourth-order valence-electron chi connectivity index (χ4n) is 3.65. The summed E-state index contributed by atoms with van der Waals surface area (Å²) >= 11 is 0. The van der Waals surface area contributed by atoms with E-state index in [2.05, 4.69) is 10.1 Å². The molecule has 3 heterocycles. The number of rotatable bonds is 4. The van der Waals surface area contributed by atoms with Crippen molar-refractivity contribution in [2.24, 2.45) is 0 Å². The Labute approximate surface area is 160 Å². The lowest BCUT2D eigenvalue weighted by atomic mass is 10.0. The number of carbonyl (C=O) groups is 2. The number of nitrogens with zero attached hydrogens (tertiary/aromatic N) is 3. The van der Waals surface area contributed by atoms with E-state index in [0.717, 1.165) is 16.8 Å². The predicted molar refractivity (Wildman–Crippen MR) is 97.0 cm³/mol. The molecule has 2 aliphatic rings. The first-order valence-electron chi connectivity index (χ1n) is 8.90. The van der Waals surface area contributed by atoms with E-state index >= 15 is 0 Å². The molecule has 0 amide bonds. The average molecular weight is 379 g/mol. The van der Waals surface area contributed by atoms with E-state index in [0.29, 0.717) is 35.6 Å². The van der Waals surface area contributed by atoms with Crippen LogP contribution in [0.1, 0.15) is 34.6 Å². The summed E-state index contributed by atoms with van der Waals surface area (Å²) in [6, 6.07) is 9.21. The minimum Gasteiger partial charge on any atom is -0.493 e. The Morgan fingerprint density at radius 1 is 1.21 bits per heavy atom. The number of fused-ring (bicyclic) bond motifs is 2. The fraction of sp³-hybridized carbons (Fsp3) is 0.300. The van der Waals surface area contributed by atoms with Gasteiger partial charge in [-0.15, -0.1) is 5.10 Å². The van der Waals surface area contributed by atoms with Gasteiger partial charge in [-0.3, -0.25) is 4.79 Å². The van der Waals surface area contributed by atoms with Crippen molar-refractivity contribution in [1.29, 1.82) is 0 Å². The highest BCUT2D eigenvalue weighted by atomic mass is 16.5. The van der Waals surface area contributed by atoms with Crippen molar-refractivity contribution in [1.82, 2.24) is 14.6 Å². The van der Waals surface area contributed by atoms with Crippen LogP contribution in [0.25, 0.3) is 16.9 Å².